The summed E-state index contributed by atoms with van der Waals surface area (Å²) in [5.41, 5.74) is 1.86. The van der Waals surface area contributed by atoms with Crippen LogP contribution >= 0.6 is 0 Å². The Hall–Kier alpha value is -1.35. The molecule has 1 heterocycles. The first-order valence-electron chi connectivity index (χ1n) is 8.05. The van der Waals surface area contributed by atoms with Gasteiger partial charge in [-0.25, -0.2) is 0 Å². The lowest BCUT2D eigenvalue weighted by Crippen LogP contribution is -2.40. The van der Waals surface area contributed by atoms with Crippen LogP contribution in [0.3, 0.4) is 0 Å². The number of aryl methyl sites for hydroxylation is 2. The number of carbonyl (C=O) groups is 1. The van der Waals surface area contributed by atoms with Crippen LogP contribution in [0.15, 0.2) is 24.3 Å². The highest BCUT2D eigenvalue weighted by Crippen LogP contribution is 2.47. The van der Waals surface area contributed by atoms with E-state index in [1.54, 1.807) is 0 Å². The zero-order chi connectivity index (χ0) is 15.0. The quantitative estimate of drug-likeness (QED) is 0.924. The van der Waals surface area contributed by atoms with E-state index < -0.39 is 5.60 Å². The maximum absolute atomic E-state index is 12.4. The standard InChI is InChI=1S/C18H25NO2/c1-13-5-3-4-6-15(13)7-10-17(20)19-11-14(2)18(21,12-19)16-8-9-16/h3-6,14,16,21H,7-12H2,1-2H3/t14-,18+/m1/s1. The average Bonchev–Trinajstić information content (AvgIpc) is 3.26. The Morgan fingerprint density at radius 2 is 2.10 bits per heavy atom. The zero-order valence-electron chi connectivity index (χ0n) is 13.0. The molecular formula is C18H25NO2. The SMILES string of the molecule is Cc1ccccc1CCC(=O)N1C[C@@H](C)[C@](O)(C2CC2)C1. The molecule has 3 nitrogen and oxygen atoms in total. The van der Waals surface area contributed by atoms with Crippen molar-refractivity contribution in [3.05, 3.63) is 35.4 Å². The van der Waals surface area contributed by atoms with E-state index in [0.29, 0.717) is 25.4 Å². The summed E-state index contributed by atoms with van der Waals surface area (Å²) in [6.45, 7) is 5.40. The Morgan fingerprint density at radius 1 is 1.38 bits per heavy atom. The fraction of sp³-hybridized carbons (Fsp3) is 0.611. The van der Waals surface area contributed by atoms with Gasteiger partial charge in [0.05, 0.1) is 5.60 Å². The fourth-order valence-corrected chi connectivity index (χ4v) is 3.61. The van der Waals surface area contributed by atoms with Gasteiger partial charge in [0.2, 0.25) is 5.91 Å². The van der Waals surface area contributed by atoms with Crippen LogP contribution in [0.5, 0.6) is 0 Å². The maximum atomic E-state index is 12.4. The minimum atomic E-state index is -0.627. The smallest absolute Gasteiger partial charge is 0.223 e. The van der Waals surface area contributed by atoms with Gasteiger partial charge in [0.1, 0.15) is 0 Å². The molecular weight excluding hydrogens is 262 g/mol. The van der Waals surface area contributed by atoms with Gasteiger partial charge in [-0.2, -0.15) is 0 Å². The van der Waals surface area contributed by atoms with Crippen LogP contribution in [0.4, 0.5) is 0 Å². The maximum Gasteiger partial charge on any atom is 0.223 e. The van der Waals surface area contributed by atoms with Gasteiger partial charge in [0, 0.05) is 25.4 Å². The van der Waals surface area contributed by atoms with E-state index in [1.807, 2.05) is 17.0 Å². The molecule has 2 atom stereocenters. The second kappa shape index (κ2) is 5.45. The molecule has 1 aromatic rings. The van der Waals surface area contributed by atoms with Crippen LogP contribution in [0.25, 0.3) is 0 Å². The molecule has 0 radical (unpaired) electrons. The lowest BCUT2D eigenvalue weighted by molar-refractivity contribution is -0.131. The van der Waals surface area contributed by atoms with Crippen LogP contribution in [-0.4, -0.2) is 34.6 Å². The highest BCUT2D eigenvalue weighted by molar-refractivity contribution is 5.77. The number of β-amino-alcohol motifs (C(OH)–C–C–N with tert-alkyl or cyclic N) is 1. The number of likely N-dealkylation sites (tertiary alicyclic amines) is 1. The van der Waals surface area contributed by atoms with Crippen LogP contribution < -0.4 is 0 Å². The number of hydrogen-bond donors (Lipinski definition) is 1. The number of nitrogens with zero attached hydrogens (tertiary/aromatic N) is 1. The van der Waals surface area contributed by atoms with Gasteiger partial charge in [-0.15, -0.1) is 0 Å². The highest BCUT2D eigenvalue weighted by Gasteiger charge is 2.53. The fourth-order valence-electron chi connectivity index (χ4n) is 3.61. The summed E-state index contributed by atoms with van der Waals surface area (Å²) in [4.78, 5) is 14.3. The number of amides is 1. The van der Waals surface area contributed by atoms with Gasteiger partial charge in [0.25, 0.3) is 0 Å². The van der Waals surface area contributed by atoms with Gasteiger partial charge in [-0.05, 0) is 43.2 Å². The minimum absolute atomic E-state index is 0.182. The van der Waals surface area contributed by atoms with Crippen LogP contribution in [0.2, 0.25) is 0 Å². The molecule has 1 saturated heterocycles. The number of aliphatic hydroxyl groups is 1. The molecule has 1 aromatic carbocycles. The number of hydrogen-bond acceptors (Lipinski definition) is 2. The summed E-state index contributed by atoms with van der Waals surface area (Å²) in [5, 5.41) is 10.8. The van der Waals surface area contributed by atoms with Crippen molar-refractivity contribution in [2.45, 2.75) is 45.1 Å². The van der Waals surface area contributed by atoms with Crippen LogP contribution in [0, 0.1) is 18.8 Å². The molecule has 0 aromatic heterocycles. The lowest BCUT2D eigenvalue weighted by Gasteiger charge is -2.26. The number of benzene rings is 1. The molecule has 3 heteroatoms. The van der Waals surface area contributed by atoms with Gasteiger partial charge < -0.3 is 10.0 Å². The first-order chi connectivity index (χ1) is 10.0. The molecule has 2 fully saturated rings. The molecule has 0 spiro atoms. The second-order valence-corrected chi connectivity index (χ2v) is 6.87. The van der Waals surface area contributed by atoms with E-state index in [-0.39, 0.29) is 11.8 Å². The zero-order valence-corrected chi connectivity index (χ0v) is 13.0. The second-order valence-electron chi connectivity index (χ2n) is 6.87. The van der Waals surface area contributed by atoms with Gasteiger partial charge in [0.15, 0.2) is 0 Å². The number of carbonyl (C=O) groups excluding carboxylic acids is 1. The summed E-state index contributed by atoms with van der Waals surface area (Å²) >= 11 is 0. The van der Waals surface area contributed by atoms with Crippen molar-refractivity contribution >= 4 is 5.91 Å². The minimum Gasteiger partial charge on any atom is -0.387 e. The van der Waals surface area contributed by atoms with E-state index >= 15 is 0 Å². The Balaban J connectivity index is 1.58. The molecule has 1 aliphatic heterocycles. The molecule has 1 amide bonds. The summed E-state index contributed by atoms with van der Waals surface area (Å²) in [7, 11) is 0. The van der Waals surface area contributed by atoms with E-state index in [0.717, 1.165) is 19.3 Å². The van der Waals surface area contributed by atoms with Crippen molar-refractivity contribution in [3.8, 4) is 0 Å². The Labute approximate surface area is 127 Å². The summed E-state index contributed by atoms with van der Waals surface area (Å²) in [6.07, 6.45) is 3.56. The monoisotopic (exact) mass is 287 g/mol. The third-order valence-electron chi connectivity index (χ3n) is 5.30. The largest absolute Gasteiger partial charge is 0.387 e. The Morgan fingerprint density at radius 3 is 2.76 bits per heavy atom. The van der Waals surface area contributed by atoms with Crippen molar-refractivity contribution in [1.82, 2.24) is 4.90 Å². The van der Waals surface area contributed by atoms with Crippen molar-refractivity contribution < 1.29 is 9.90 Å². The first-order valence-corrected chi connectivity index (χ1v) is 8.05. The van der Waals surface area contributed by atoms with Gasteiger partial charge >= 0.3 is 0 Å². The topological polar surface area (TPSA) is 40.5 Å². The molecule has 3 rings (SSSR count). The average molecular weight is 287 g/mol. The predicted molar refractivity (Wildman–Crippen MR) is 82.9 cm³/mol. The van der Waals surface area contributed by atoms with Gasteiger partial charge in [-0.1, -0.05) is 31.2 Å². The van der Waals surface area contributed by atoms with E-state index in [1.165, 1.54) is 11.1 Å². The van der Waals surface area contributed by atoms with Crippen molar-refractivity contribution in [2.75, 3.05) is 13.1 Å². The summed E-state index contributed by atoms with van der Waals surface area (Å²) in [5.74, 6) is 0.802. The van der Waals surface area contributed by atoms with Crippen LogP contribution in [-0.2, 0) is 11.2 Å². The molecule has 0 unspecified atom stereocenters. The number of rotatable bonds is 4. The molecule has 1 saturated carbocycles. The first kappa shape index (κ1) is 14.6. The van der Waals surface area contributed by atoms with Crippen molar-refractivity contribution in [3.63, 3.8) is 0 Å². The molecule has 1 aliphatic carbocycles. The molecule has 21 heavy (non-hydrogen) atoms. The molecule has 2 aliphatic rings. The molecule has 0 bridgehead atoms. The van der Waals surface area contributed by atoms with Crippen molar-refractivity contribution in [2.24, 2.45) is 11.8 Å². The van der Waals surface area contributed by atoms with E-state index in [4.69, 9.17) is 0 Å². The summed E-state index contributed by atoms with van der Waals surface area (Å²) in [6, 6.07) is 8.23. The van der Waals surface area contributed by atoms with Crippen molar-refractivity contribution in [1.29, 1.82) is 0 Å². The highest BCUT2D eigenvalue weighted by atomic mass is 16.3. The predicted octanol–water partition coefficient (Wildman–Crippen LogP) is 2.55. The van der Waals surface area contributed by atoms with E-state index in [9.17, 15) is 9.90 Å². The molecule has 114 valence electrons. The van der Waals surface area contributed by atoms with E-state index in [2.05, 4.69) is 26.0 Å². The third kappa shape index (κ3) is 2.84. The molecule has 1 N–H and O–H groups in total. The normalized spacial score (nSPS) is 28.9. The third-order valence-corrected chi connectivity index (χ3v) is 5.30. The van der Waals surface area contributed by atoms with Gasteiger partial charge in [-0.3, -0.25) is 4.79 Å². The van der Waals surface area contributed by atoms with Crippen LogP contribution in [0.1, 0.15) is 37.3 Å². The Kier molecular flexibility index (Phi) is 3.78. The Bertz CT molecular complexity index is 538. The lowest BCUT2D eigenvalue weighted by atomic mass is 9.88. The summed E-state index contributed by atoms with van der Waals surface area (Å²) < 4.78 is 0.